The van der Waals surface area contributed by atoms with Crippen LogP contribution in [0.15, 0.2) is 61.2 Å². The fraction of sp³-hybridized carbons (Fsp3) is 0.125. The lowest BCUT2D eigenvalue weighted by Gasteiger charge is -2.14. The molecule has 0 saturated heterocycles. The van der Waals surface area contributed by atoms with Crippen LogP contribution in [0.25, 0.3) is 5.69 Å². The van der Waals surface area contributed by atoms with Crippen LogP contribution in [0.5, 0.6) is 11.5 Å². The molecular formula is C16H15N3O3. The summed E-state index contributed by atoms with van der Waals surface area (Å²) in [4.78, 5) is 3.89. The van der Waals surface area contributed by atoms with Gasteiger partial charge < -0.3 is 14.9 Å². The first-order chi connectivity index (χ1) is 10.7. The SMILES string of the molecule is Oc1ccccc1C(O)COc1ccc(-n2cncn2)cc1. The molecule has 0 fully saturated rings. The minimum Gasteiger partial charge on any atom is -0.508 e. The van der Waals surface area contributed by atoms with Gasteiger partial charge in [-0.2, -0.15) is 5.10 Å². The Morgan fingerprint density at radius 1 is 1.09 bits per heavy atom. The Balaban J connectivity index is 1.63. The number of aromatic hydroxyl groups is 1. The van der Waals surface area contributed by atoms with E-state index in [1.807, 2.05) is 12.1 Å². The minimum absolute atomic E-state index is 0.0557. The summed E-state index contributed by atoms with van der Waals surface area (Å²) in [6.45, 7) is 0.0558. The van der Waals surface area contributed by atoms with Gasteiger partial charge in [-0.3, -0.25) is 0 Å². The van der Waals surface area contributed by atoms with Gasteiger partial charge in [-0.15, -0.1) is 0 Å². The molecule has 112 valence electrons. The summed E-state index contributed by atoms with van der Waals surface area (Å²) >= 11 is 0. The largest absolute Gasteiger partial charge is 0.508 e. The van der Waals surface area contributed by atoms with E-state index in [4.69, 9.17) is 4.74 Å². The third-order valence-electron chi connectivity index (χ3n) is 3.22. The van der Waals surface area contributed by atoms with E-state index in [1.165, 1.54) is 12.4 Å². The molecule has 1 unspecified atom stereocenters. The Morgan fingerprint density at radius 3 is 2.55 bits per heavy atom. The third-order valence-corrected chi connectivity index (χ3v) is 3.22. The number of para-hydroxylation sites is 1. The van der Waals surface area contributed by atoms with Crippen LogP contribution in [0.2, 0.25) is 0 Å². The highest BCUT2D eigenvalue weighted by atomic mass is 16.5. The number of aliphatic hydroxyl groups excluding tert-OH is 1. The van der Waals surface area contributed by atoms with Gasteiger partial charge in [0, 0.05) is 5.56 Å². The fourth-order valence-electron chi connectivity index (χ4n) is 2.07. The van der Waals surface area contributed by atoms with Gasteiger partial charge in [-0.1, -0.05) is 18.2 Å². The second-order valence-electron chi connectivity index (χ2n) is 4.72. The molecule has 2 aromatic carbocycles. The summed E-state index contributed by atoms with van der Waals surface area (Å²) < 4.78 is 7.18. The Labute approximate surface area is 127 Å². The smallest absolute Gasteiger partial charge is 0.138 e. The van der Waals surface area contributed by atoms with Gasteiger partial charge in [0.2, 0.25) is 0 Å². The second-order valence-corrected chi connectivity index (χ2v) is 4.72. The van der Waals surface area contributed by atoms with Gasteiger partial charge >= 0.3 is 0 Å². The Morgan fingerprint density at radius 2 is 1.86 bits per heavy atom. The van der Waals surface area contributed by atoms with Gasteiger partial charge in [-0.05, 0) is 30.3 Å². The van der Waals surface area contributed by atoms with Crippen LogP contribution in [0, 0.1) is 0 Å². The van der Waals surface area contributed by atoms with E-state index in [0.717, 1.165) is 5.69 Å². The summed E-state index contributed by atoms with van der Waals surface area (Å²) in [5, 5.41) is 23.8. The molecule has 3 aromatic rings. The van der Waals surface area contributed by atoms with Crippen molar-refractivity contribution in [2.24, 2.45) is 0 Å². The number of ether oxygens (including phenoxy) is 1. The van der Waals surface area contributed by atoms with Crippen LogP contribution >= 0.6 is 0 Å². The molecule has 3 rings (SSSR count). The van der Waals surface area contributed by atoms with Gasteiger partial charge in [0.15, 0.2) is 0 Å². The maximum absolute atomic E-state index is 10.1. The molecule has 1 aromatic heterocycles. The topological polar surface area (TPSA) is 80.4 Å². The van der Waals surface area contributed by atoms with Crippen molar-refractivity contribution in [3.63, 3.8) is 0 Å². The first-order valence-electron chi connectivity index (χ1n) is 6.78. The van der Waals surface area contributed by atoms with Crippen LogP contribution in [0.1, 0.15) is 11.7 Å². The summed E-state index contributed by atoms with van der Waals surface area (Å²) in [5.74, 6) is 0.679. The number of hydrogen-bond donors (Lipinski definition) is 2. The Hall–Kier alpha value is -2.86. The lowest BCUT2D eigenvalue weighted by atomic mass is 10.1. The summed E-state index contributed by atoms with van der Waals surface area (Å²) in [6.07, 6.45) is 2.18. The van der Waals surface area contributed by atoms with E-state index in [-0.39, 0.29) is 12.4 Å². The number of phenols is 1. The lowest BCUT2D eigenvalue weighted by Crippen LogP contribution is -2.09. The van der Waals surface area contributed by atoms with Crippen molar-refractivity contribution in [3.05, 3.63) is 66.7 Å². The normalized spacial score (nSPS) is 12.0. The monoisotopic (exact) mass is 297 g/mol. The maximum Gasteiger partial charge on any atom is 0.138 e. The molecule has 0 aliphatic heterocycles. The van der Waals surface area contributed by atoms with Crippen molar-refractivity contribution in [2.45, 2.75) is 6.10 Å². The number of benzene rings is 2. The van der Waals surface area contributed by atoms with Gasteiger partial charge in [-0.25, -0.2) is 9.67 Å². The predicted octanol–water partition coefficient (Wildman–Crippen LogP) is 2.09. The number of nitrogens with zero attached hydrogens (tertiary/aromatic N) is 3. The molecule has 0 amide bonds. The zero-order valence-electron chi connectivity index (χ0n) is 11.7. The van der Waals surface area contributed by atoms with Crippen LogP contribution in [0.3, 0.4) is 0 Å². The van der Waals surface area contributed by atoms with E-state index in [0.29, 0.717) is 11.3 Å². The van der Waals surface area contributed by atoms with Crippen molar-refractivity contribution in [1.82, 2.24) is 14.8 Å². The maximum atomic E-state index is 10.1. The molecule has 1 atom stereocenters. The number of aromatic nitrogens is 3. The molecular weight excluding hydrogens is 282 g/mol. The van der Waals surface area contributed by atoms with Gasteiger partial charge in [0.25, 0.3) is 0 Å². The predicted molar refractivity (Wildman–Crippen MR) is 79.9 cm³/mol. The van der Waals surface area contributed by atoms with Crippen molar-refractivity contribution < 1.29 is 14.9 Å². The first-order valence-corrected chi connectivity index (χ1v) is 6.78. The number of aliphatic hydroxyl groups is 1. The molecule has 22 heavy (non-hydrogen) atoms. The molecule has 0 radical (unpaired) electrons. The third kappa shape index (κ3) is 3.07. The van der Waals surface area contributed by atoms with E-state index < -0.39 is 6.10 Å². The molecule has 6 heteroatoms. The van der Waals surface area contributed by atoms with Crippen LogP contribution in [0.4, 0.5) is 0 Å². The van der Waals surface area contributed by atoms with E-state index in [1.54, 1.807) is 41.3 Å². The standard InChI is InChI=1S/C16H15N3O3/c20-15-4-2-1-3-14(15)16(21)9-22-13-7-5-12(6-8-13)19-11-17-10-18-19/h1-8,10-11,16,20-21H,9H2. The van der Waals surface area contributed by atoms with E-state index in [9.17, 15) is 10.2 Å². The van der Waals surface area contributed by atoms with Gasteiger partial charge in [0.05, 0.1) is 5.69 Å². The Kier molecular flexibility index (Phi) is 4.02. The fourth-order valence-corrected chi connectivity index (χ4v) is 2.07. The highest BCUT2D eigenvalue weighted by Gasteiger charge is 2.12. The van der Waals surface area contributed by atoms with Crippen molar-refractivity contribution >= 4 is 0 Å². The molecule has 2 N–H and O–H groups in total. The van der Waals surface area contributed by atoms with Crippen LogP contribution in [-0.4, -0.2) is 31.6 Å². The zero-order valence-corrected chi connectivity index (χ0v) is 11.7. The summed E-state index contributed by atoms with van der Waals surface area (Å²) in [5.41, 5.74) is 1.31. The molecule has 0 saturated carbocycles. The lowest BCUT2D eigenvalue weighted by molar-refractivity contribution is 0.106. The van der Waals surface area contributed by atoms with Gasteiger partial charge in [0.1, 0.15) is 36.9 Å². The molecule has 0 aliphatic rings. The summed E-state index contributed by atoms with van der Waals surface area (Å²) in [7, 11) is 0. The number of hydrogen-bond acceptors (Lipinski definition) is 5. The Bertz CT molecular complexity index is 727. The minimum atomic E-state index is -0.892. The molecule has 1 heterocycles. The van der Waals surface area contributed by atoms with Crippen molar-refractivity contribution in [3.8, 4) is 17.2 Å². The number of phenolic OH excluding ortho intramolecular Hbond substituents is 1. The second kappa shape index (κ2) is 6.28. The van der Waals surface area contributed by atoms with E-state index in [2.05, 4.69) is 10.1 Å². The zero-order chi connectivity index (χ0) is 15.4. The average molecular weight is 297 g/mol. The van der Waals surface area contributed by atoms with Crippen LogP contribution in [-0.2, 0) is 0 Å². The highest BCUT2D eigenvalue weighted by molar-refractivity contribution is 5.37. The molecule has 6 nitrogen and oxygen atoms in total. The van der Waals surface area contributed by atoms with E-state index >= 15 is 0 Å². The molecule has 0 bridgehead atoms. The quantitative estimate of drug-likeness (QED) is 0.753. The van der Waals surface area contributed by atoms with Crippen LogP contribution < -0.4 is 4.74 Å². The number of rotatable bonds is 5. The average Bonchev–Trinajstić information content (AvgIpc) is 3.08. The van der Waals surface area contributed by atoms with Crippen molar-refractivity contribution in [1.29, 1.82) is 0 Å². The summed E-state index contributed by atoms with van der Waals surface area (Å²) in [6, 6.07) is 13.9. The molecule has 0 aliphatic carbocycles. The van der Waals surface area contributed by atoms with Crippen molar-refractivity contribution in [2.75, 3.05) is 6.61 Å². The molecule has 0 spiro atoms. The first kappa shape index (κ1) is 14.1. The highest BCUT2D eigenvalue weighted by Crippen LogP contribution is 2.24.